The van der Waals surface area contributed by atoms with Gasteiger partial charge < -0.3 is 25.3 Å². The number of guanidine groups is 1. The number of nitrogens with two attached hydrogens (primary N) is 1. The molecule has 140 valence electrons. The lowest BCUT2D eigenvalue weighted by Gasteiger charge is -2.16. The third kappa shape index (κ3) is 6.04. The predicted octanol–water partition coefficient (Wildman–Crippen LogP) is 3.23. The number of nitrogens with zero attached hydrogens (tertiary/aromatic N) is 1. The summed E-state index contributed by atoms with van der Waals surface area (Å²) in [5.41, 5.74) is 6.89. The molecule has 0 aliphatic rings. The third-order valence-corrected chi connectivity index (χ3v) is 3.85. The Morgan fingerprint density at radius 3 is 2.46 bits per heavy atom. The smallest absolute Gasteiger partial charge is 0.189 e. The van der Waals surface area contributed by atoms with Gasteiger partial charge >= 0.3 is 0 Å². The number of hydrogen-bond donors (Lipinski definition) is 2. The maximum atomic E-state index is 5.92. The molecule has 0 saturated heterocycles. The summed E-state index contributed by atoms with van der Waals surface area (Å²) >= 11 is 5.86. The van der Waals surface area contributed by atoms with Crippen molar-refractivity contribution < 1.29 is 14.2 Å². The molecule has 7 heteroatoms. The average Bonchev–Trinajstić information content (AvgIpc) is 2.66. The summed E-state index contributed by atoms with van der Waals surface area (Å²) in [6, 6.07) is 12.9. The second-order valence-corrected chi connectivity index (χ2v) is 6.09. The van der Waals surface area contributed by atoms with E-state index in [9.17, 15) is 0 Å². The van der Waals surface area contributed by atoms with Gasteiger partial charge in [0.15, 0.2) is 17.5 Å². The maximum absolute atomic E-state index is 5.92. The van der Waals surface area contributed by atoms with Crippen molar-refractivity contribution in [3.8, 4) is 17.2 Å². The minimum atomic E-state index is -0.0778. The van der Waals surface area contributed by atoms with Crippen LogP contribution < -0.4 is 25.3 Å². The van der Waals surface area contributed by atoms with Crippen LogP contribution in [0.25, 0.3) is 0 Å². The van der Waals surface area contributed by atoms with Gasteiger partial charge in [0.05, 0.1) is 27.3 Å². The second kappa shape index (κ2) is 9.77. The third-order valence-electron chi connectivity index (χ3n) is 3.60. The van der Waals surface area contributed by atoms with Crippen LogP contribution >= 0.6 is 11.6 Å². The minimum Gasteiger partial charge on any atom is -0.493 e. The molecule has 2 aromatic carbocycles. The van der Waals surface area contributed by atoms with Crippen LogP contribution in [-0.2, 0) is 6.54 Å². The van der Waals surface area contributed by atoms with Gasteiger partial charge in [-0.3, -0.25) is 0 Å². The van der Waals surface area contributed by atoms with Crippen LogP contribution in [0.4, 0.5) is 0 Å². The molecule has 2 aromatic rings. The molecule has 0 saturated carbocycles. The van der Waals surface area contributed by atoms with Gasteiger partial charge in [0.25, 0.3) is 0 Å². The van der Waals surface area contributed by atoms with E-state index in [-0.39, 0.29) is 6.10 Å². The number of methoxy groups -OCH3 is 2. The molecule has 0 fully saturated rings. The Balaban J connectivity index is 1.83. The van der Waals surface area contributed by atoms with Gasteiger partial charge in [0.2, 0.25) is 0 Å². The maximum Gasteiger partial charge on any atom is 0.189 e. The van der Waals surface area contributed by atoms with Crippen molar-refractivity contribution in [3.05, 3.63) is 53.1 Å². The van der Waals surface area contributed by atoms with Crippen molar-refractivity contribution in [1.82, 2.24) is 5.32 Å². The quantitative estimate of drug-likeness (QED) is 0.545. The molecule has 0 spiro atoms. The molecule has 0 aliphatic carbocycles. The SMILES string of the molecule is COc1ccc(CN=C(N)NCC(C)Oc2ccc(Cl)cc2)cc1OC. The first-order valence-electron chi connectivity index (χ1n) is 8.18. The summed E-state index contributed by atoms with van der Waals surface area (Å²) in [5, 5.41) is 3.73. The largest absolute Gasteiger partial charge is 0.493 e. The highest BCUT2D eigenvalue weighted by Gasteiger charge is 2.06. The van der Waals surface area contributed by atoms with Crippen molar-refractivity contribution in [2.24, 2.45) is 10.7 Å². The molecule has 0 aliphatic heterocycles. The molecule has 3 N–H and O–H groups in total. The van der Waals surface area contributed by atoms with Crippen LogP contribution in [0.15, 0.2) is 47.5 Å². The molecule has 2 rings (SSSR count). The number of nitrogens with one attached hydrogen (secondary N) is 1. The summed E-state index contributed by atoms with van der Waals surface area (Å²) in [6.07, 6.45) is -0.0778. The minimum absolute atomic E-state index is 0.0778. The predicted molar refractivity (Wildman–Crippen MR) is 104 cm³/mol. The lowest BCUT2D eigenvalue weighted by Crippen LogP contribution is -2.38. The lowest BCUT2D eigenvalue weighted by molar-refractivity contribution is 0.224. The van der Waals surface area contributed by atoms with E-state index < -0.39 is 0 Å². The normalized spacial score (nSPS) is 12.4. The molecular formula is C19H24ClN3O3. The number of rotatable bonds is 8. The fourth-order valence-electron chi connectivity index (χ4n) is 2.25. The van der Waals surface area contributed by atoms with Crippen LogP contribution in [-0.4, -0.2) is 32.8 Å². The Bertz CT molecular complexity index is 735. The topological polar surface area (TPSA) is 78.1 Å². The van der Waals surface area contributed by atoms with Gasteiger partial charge in [-0.1, -0.05) is 17.7 Å². The van der Waals surface area contributed by atoms with Crippen molar-refractivity contribution in [2.45, 2.75) is 19.6 Å². The Morgan fingerprint density at radius 1 is 1.12 bits per heavy atom. The summed E-state index contributed by atoms with van der Waals surface area (Å²) in [4.78, 5) is 4.33. The monoisotopic (exact) mass is 377 g/mol. The summed E-state index contributed by atoms with van der Waals surface area (Å²) in [7, 11) is 3.20. The molecule has 26 heavy (non-hydrogen) atoms. The van der Waals surface area contributed by atoms with E-state index in [1.54, 1.807) is 26.4 Å². The zero-order valence-electron chi connectivity index (χ0n) is 15.2. The number of hydrogen-bond acceptors (Lipinski definition) is 4. The first-order chi connectivity index (χ1) is 12.5. The number of benzene rings is 2. The standard InChI is InChI=1S/C19H24ClN3O3/c1-13(26-16-7-5-15(20)6-8-16)11-22-19(21)23-12-14-4-9-17(24-2)18(10-14)25-3/h4-10,13H,11-12H2,1-3H3,(H3,21,22,23). The van der Waals surface area contributed by atoms with E-state index in [1.165, 1.54) is 0 Å². The highest BCUT2D eigenvalue weighted by Crippen LogP contribution is 2.27. The van der Waals surface area contributed by atoms with Crippen molar-refractivity contribution >= 4 is 17.6 Å². The lowest BCUT2D eigenvalue weighted by atomic mass is 10.2. The zero-order chi connectivity index (χ0) is 18.9. The Morgan fingerprint density at radius 2 is 1.81 bits per heavy atom. The average molecular weight is 378 g/mol. The van der Waals surface area contributed by atoms with E-state index in [0.717, 1.165) is 11.3 Å². The Kier molecular flexibility index (Phi) is 7.41. The van der Waals surface area contributed by atoms with Crippen LogP contribution in [0, 0.1) is 0 Å². The number of halogens is 1. The Labute approximate surface area is 158 Å². The van der Waals surface area contributed by atoms with E-state index in [4.69, 9.17) is 31.5 Å². The second-order valence-electron chi connectivity index (χ2n) is 5.65. The first-order valence-corrected chi connectivity index (χ1v) is 8.56. The summed E-state index contributed by atoms with van der Waals surface area (Å²) in [6.45, 7) is 2.92. The van der Waals surface area contributed by atoms with Crippen molar-refractivity contribution in [3.63, 3.8) is 0 Å². The van der Waals surface area contributed by atoms with Crippen LogP contribution in [0.3, 0.4) is 0 Å². The van der Waals surface area contributed by atoms with E-state index >= 15 is 0 Å². The van der Waals surface area contributed by atoms with Crippen LogP contribution in [0.2, 0.25) is 5.02 Å². The van der Waals surface area contributed by atoms with Gasteiger partial charge in [-0.15, -0.1) is 0 Å². The van der Waals surface area contributed by atoms with Gasteiger partial charge in [-0.25, -0.2) is 4.99 Å². The van der Waals surface area contributed by atoms with Gasteiger partial charge in [-0.2, -0.15) is 0 Å². The molecule has 1 atom stereocenters. The highest BCUT2D eigenvalue weighted by molar-refractivity contribution is 6.30. The molecular weight excluding hydrogens is 354 g/mol. The molecule has 1 unspecified atom stereocenters. The molecule has 0 amide bonds. The Hall–Kier alpha value is -2.60. The van der Waals surface area contributed by atoms with Gasteiger partial charge in [-0.05, 0) is 48.9 Å². The van der Waals surface area contributed by atoms with Crippen molar-refractivity contribution in [1.29, 1.82) is 0 Å². The van der Waals surface area contributed by atoms with Gasteiger partial charge in [0.1, 0.15) is 11.9 Å². The fraction of sp³-hybridized carbons (Fsp3) is 0.316. The van der Waals surface area contributed by atoms with E-state index in [1.807, 2.05) is 37.3 Å². The highest BCUT2D eigenvalue weighted by atomic mass is 35.5. The van der Waals surface area contributed by atoms with E-state index in [0.29, 0.717) is 35.6 Å². The fourth-order valence-corrected chi connectivity index (χ4v) is 2.37. The molecule has 0 radical (unpaired) electrons. The van der Waals surface area contributed by atoms with Crippen LogP contribution in [0.5, 0.6) is 17.2 Å². The van der Waals surface area contributed by atoms with Gasteiger partial charge in [0, 0.05) is 5.02 Å². The molecule has 6 nitrogen and oxygen atoms in total. The number of aliphatic imine (C=N–C) groups is 1. The first kappa shape index (κ1) is 19.7. The molecule has 0 bridgehead atoms. The van der Waals surface area contributed by atoms with Crippen LogP contribution in [0.1, 0.15) is 12.5 Å². The molecule has 0 aromatic heterocycles. The zero-order valence-corrected chi connectivity index (χ0v) is 15.9. The summed E-state index contributed by atoms with van der Waals surface area (Å²) < 4.78 is 16.3. The number of ether oxygens (including phenoxy) is 3. The molecule has 0 heterocycles. The summed E-state index contributed by atoms with van der Waals surface area (Å²) in [5.74, 6) is 2.45. The van der Waals surface area contributed by atoms with E-state index in [2.05, 4.69) is 10.3 Å². The van der Waals surface area contributed by atoms with Crippen molar-refractivity contribution in [2.75, 3.05) is 20.8 Å².